The van der Waals surface area contributed by atoms with Crippen molar-refractivity contribution in [1.82, 2.24) is 25.3 Å². The van der Waals surface area contributed by atoms with Crippen LogP contribution in [0.5, 0.6) is 0 Å². The first-order valence-electron chi connectivity index (χ1n) is 6.26. The molecule has 0 saturated heterocycles. The molecule has 0 aliphatic rings. The largest absolute Gasteiger partial charge is 0.478 e. The fraction of sp³-hybridized carbons (Fsp3) is 0.273. The normalized spacial score (nSPS) is 10.5. The molecule has 122 valence electrons. The van der Waals surface area contributed by atoms with Crippen LogP contribution in [0.15, 0.2) is 17.4 Å². The first-order valence-corrected chi connectivity index (χ1v) is 7.24. The molecule has 2 rings (SSSR count). The van der Waals surface area contributed by atoms with Gasteiger partial charge in [-0.3, -0.25) is 24.7 Å². The van der Waals surface area contributed by atoms with E-state index in [0.717, 1.165) is 18.0 Å². The molecule has 2 heterocycles. The predicted octanol–water partition coefficient (Wildman–Crippen LogP) is 0.272. The number of aromatic nitrogens is 4. The second-order valence-corrected chi connectivity index (χ2v) is 5.42. The lowest BCUT2D eigenvalue weighted by Gasteiger charge is -2.03. The standard InChI is InChI=1S/C11H12N6O5S/c1-16-5-6(11(19)20)8(15-16)9(18)12-2-3-23-10-7(17(21)22)4-13-14-10/h4-5H,2-3H2,1H3,(H,12,18)(H,13,14)(H,19,20). The lowest BCUT2D eigenvalue weighted by Crippen LogP contribution is -2.27. The molecule has 0 aliphatic carbocycles. The van der Waals surface area contributed by atoms with E-state index >= 15 is 0 Å². The number of carboxylic acid groups (broad SMARTS) is 1. The minimum absolute atomic E-state index is 0.140. The van der Waals surface area contributed by atoms with Crippen LogP contribution >= 0.6 is 11.8 Å². The number of amides is 1. The zero-order valence-corrected chi connectivity index (χ0v) is 12.7. The van der Waals surface area contributed by atoms with Gasteiger partial charge in [-0.15, -0.1) is 0 Å². The second kappa shape index (κ2) is 6.91. The monoisotopic (exact) mass is 340 g/mol. The molecule has 0 radical (unpaired) electrons. The van der Waals surface area contributed by atoms with Crippen molar-refractivity contribution in [3.05, 3.63) is 33.8 Å². The van der Waals surface area contributed by atoms with Gasteiger partial charge in [-0.25, -0.2) is 4.79 Å². The molecule has 0 spiro atoms. The van der Waals surface area contributed by atoms with Crippen molar-refractivity contribution in [2.45, 2.75) is 5.03 Å². The molecule has 23 heavy (non-hydrogen) atoms. The van der Waals surface area contributed by atoms with Crippen molar-refractivity contribution in [2.75, 3.05) is 12.3 Å². The quantitative estimate of drug-likeness (QED) is 0.281. The Morgan fingerprint density at radius 2 is 2.30 bits per heavy atom. The van der Waals surface area contributed by atoms with Crippen LogP contribution in [-0.2, 0) is 7.05 Å². The number of carbonyl (C=O) groups excluding carboxylic acids is 1. The molecule has 0 aliphatic heterocycles. The summed E-state index contributed by atoms with van der Waals surface area (Å²) in [6, 6.07) is 0. The molecule has 1 amide bonds. The van der Waals surface area contributed by atoms with E-state index in [-0.39, 0.29) is 28.5 Å². The molecular weight excluding hydrogens is 328 g/mol. The number of H-pyrrole nitrogens is 1. The van der Waals surface area contributed by atoms with Gasteiger partial charge in [0.25, 0.3) is 5.91 Å². The molecular formula is C11H12N6O5S. The second-order valence-electron chi connectivity index (χ2n) is 4.32. The maximum atomic E-state index is 11.9. The number of thioether (sulfide) groups is 1. The number of aromatic carboxylic acids is 1. The summed E-state index contributed by atoms with van der Waals surface area (Å²) in [7, 11) is 1.51. The molecule has 11 nitrogen and oxygen atoms in total. The van der Waals surface area contributed by atoms with Gasteiger partial charge in [-0.1, -0.05) is 11.8 Å². The third-order valence-corrected chi connectivity index (χ3v) is 3.69. The number of nitro groups is 1. The van der Waals surface area contributed by atoms with E-state index in [1.54, 1.807) is 0 Å². The molecule has 0 saturated carbocycles. The predicted molar refractivity (Wildman–Crippen MR) is 78.5 cm³/mol. The average Bonchev–Trinajstić information content (AvgIpc) is 3.09. The summed E-state index contributed by atoms with van der Waals surface area (Å²) in [6.45, 7) is 0.176. The van der Waals surface area contributed by atoms with Crippen molar-refractivity contribution in [3.8, 4) is 0 Å². The maximum absolute atomic E-state index is 11.9. The van der Waals surface area contributed by atoms with Crippen LogP contribution in [0, 0.1) is 10.1 Å². The number of nitrogens with one attached hydrogen (secondary N) is 2. The van der Waals surface area contributed by atoms with Gasteiger partial charge in [0.2, 0.25) is 0 Å². The maximum Gasteiger partial charge on any atom is 0.339 e. The average molecular weight is 340 g/mol. The first-order chi connectivity index (χ1) is 10.9. The molecule has 0 aromatic carbocycles. The fourth-order valence-electron chi connectivity index (χ4n) is 1.72. The lowest BCUT2D eigenvalue weighted by molar-refractivity contribution is -0.387. The summed E-state index contributed by atoms with van der Waals surface area (Å²) in [6.07, 6.45) is 2.34. The summed E-state index contributed by atoms with van der Waals surface area (Å²) >= 11 is 1.12. The van der Waals surface area contributed by atoms with Gasteiger partial charge < -0.3 is 10.4 Å². The van der Waals surface area contributed by atoms with Crippen molar-refractivity contribution < 1.29 is 19.6 Å². The minimum atomic E-state index is -1.24. The summed E-state index contributed by atoms with van der Waals surface area (Å²) in [5.74, 6) is -1.53. The van der Waals surface area contributed by atoms with Gasteiger partial charge in [0.15, 0.2) is 10.7 Å². The van der Waals surface area contributed by atoms with Crippen LogP contribution in [0.1, 0.15) is 20.8 Å². The first kappa shape index (κ1) is 16.5. The highest BCUT2D eigenvalue weighted by Gasteiger charge is 2.21. The van der Waals surface area contributed by atoms with Crippen LogP contribution in [0.2, 0.25) is 0 Å². The van der Waals surface area contributed by atoms with Crippen molar-refractivity contribution in [1.29, 1.82) is 0 Å². The van der Waals surface area contributed by atoms with E-state index < -0.39 is 16.8 Å². The Labute approximate surface area is 133 Å². The third-order valence-electron chi connectivity index (χ3n) is 2.69. The molecule has 3 N–H and O–H groups in total. The van der Waals surface area contributed by atoms with Gasteiger partial charge >= 0.3 is 11.7 Å². The van der Waals surface area contributed by atoms with Crippen LogP contribution in [0.4, 0.5) is 5.69 Å². The number of aryl methyl sites for hydroxylation is 1. The van der Waals surface area contributed by atoms with Gasteiger partial charge in [0, 0.05) is 25.5 Å². The molecule has 2 aromatic heterocycles. The number of hydrogen-bond acceptors (Lipinski definition) is 7. The molecule has 0 atom stereocenters. The van der Waals surface area contributed by atoms with E-state index in [1.165, 1.54) is 17.9 Å². The summed E-state index contributed by atoms with van der Waals surface area (Å²) in [4.78, 5) is 33.1. The van der Waals surface area contributed by atoms with E-state index in [2.05, 4.69) is 20.6 Å². The lowest BCUT2D eigenvalue weighted by atomic mass is 10.2. The zero-order chi connectivity index (χ0) is 17.0. The molecule has 12 heteroatoms. The van der Waals surface area contributed by atoms with Gasteiger partial charge in [-0.2, -0.15) is 10.2 Å². The van der Waals surface area contributed by atoms with Gasteiger partial charge in [0.05, 0.1) is 4.92 Å². The highest BCUT2D eigenvalue weighted by atomic mass is 32.2. The smallest absolute Gasteiger partial charge is 0.339 e. The van der Waals surface area contributed by atoms with Gasteiger partial charge in [0.1, 0.15) is 11.8 Å². The highest BCUT2D eigenvalue weighted by Crippen LogP contribution is 2.25. The van der Waals surface area contributed by atoms with Crippen molar-refractivity contribution in [3.63, 3.8) is 0 Å². The third kappa shape index (κ3) is 3.85. The summed E-state index contributed by atoms with van der Waals surface area (Å²) < 4.78 is 1.24. The number of hydrogen-bond donors (Lipinski definition) is 3. The topological polar surface area (TPSA) is 156 Å². The Morgan fingerprint density at radius 3 is 2.96 bits per heavy atom. The Morgan fingerprint density at radius 1 is 1.57 bits per heavy atom. The van der Waals surface area contributed by atoms with Crippen molar-refractivity contribution in [2.24, 2.45) is 7.05 Å². The van der Waals surface area contributed by atoms with E-state index in [4.69, 9.17) is 5.11 Å². The number of rotatable bonds is 7. The number of carboxylic acids is 1. The Kier molecular flexibility index (Phi) is 4.95. The fourth-order valence-corrected chi connectivity index (χ4v) is 2.52. The zero-order valence-electron chi connectivity index (χ0n) is 11.8. The molecule has 0 unspecified atom stereocenters. The van der Waals surface area contributed by atoms with E-state index in [9.17, 15) is 19.7 Å². The Balaban J connectivity index is 1.89. The summed E-state index contributed by atoms with van der Waals surface area (Å²) in [5, 5.41) is 32.4. The Hall–Kier alpha value is -2.89. The van der Waals surface area contributed by atoms with Crippen molar-refractivity contribution >= 4 is 29.3 Å². The molecule has 0 bridgehead atoms. The summed E-state index contributed by atoms with van der Waals surface area (Å²) in [5.41, 5.74) is -0.515. The van der Waals surface area contributed by atoms with Crippen LogP contribution in [0.3, 0.4) is 0 Å². The van der Waals surface area contributed by atoms with E-state index in [0.29, 0.717) is 5.75 Å². The Bertz CT molecular complexity index is 754. The van der Waals surface area contributed by atoms with Crippen LogP contribution in [0.25, 0.3) is 0 Å². The highest BCUT2D eigenvalue weighted by molar-refractivity contribution is 7.99. The van der Waals surface area contributed by atoms with Crippen LogP contribution < -0.4 is 5.32 Å². The van der Waals surface area contributed by atoms with Crippen LogP contribution in [-0.4, -0.2) is 54.2 Å². The van der Waals surface area contributed by atoms with E-state index in [1.807, 2.05) is 0 Å². The molecule has 2 aromatic rings. The number of carbonyl (C=O) groups is 2. The molecule has 0 fully saturated rings. The SMILES string of the molecule is Cn1cc(C(=O)O)c(C(=O)NCCSc2[nH]ncc2[N+](=O)[O-])n1. The number of nitrogens with zero attached hydrogens (tertiary/aromatic N) is 4. The minimum Gasteiger partial charge on any atom is -0.478 e. The number of aromatic amines is 1. The van der Waals surface area contributed by atoms with Gasteiger partial charge in [-0.05, 0) is 0 Å².